The minimum Gasteiger partial charge on any atom is -0.341 e. The third kappa shape index (κ3) is 3.76. The topological polar surface area (TPSA) is 42.0 Å². The second-order valence-electron chi connectivity index (χ2n) is 2.78. The highest BCUT2D eigenvalue weighted by Gasteiger charge is 2.28. The van der Waals surface area contributed by atoms with Crippen LogP contribution in [0.25, 0.3) is 0 Å². The number of nitrogens with one attached hydrogen (secondary N) is 1. The Balaban J connectivity index is 2.74. The molecule has 0 saturated carbocycles. The molecule has 0 aliphatic heterocycles. The van der Waals surface area contributed by atoms with Crippen LogP contribution < -0.4 is 5.32 Å². The lowest BCUT2D eigenvalue weighted by Gasteiger charge is -2.08. The van der Waals surface area contributed by atoms with E-state index in [9.17, 15) is 22.4 Å². The van der Waals surface area contributed by atoms with Gasteiger partial charge in [-0.1, -0.05) is 0 Å². The van der Waals surface area contributed by atoms with Gasteiger partial charge in [0.25, 0.3) is 5.91 Å². The van der Waals surface area contributed by atoms with E-state index in [1.54, 1.807) is 0 Å². The Hall–Kier alpha value is -1.18. The fraction of sp³-hybridized carbons (Fsp3) is 0.250. The molecular weight excluding hydrogens is 296 g/mol. The van der Waals surface area contributed by atoms with E-state index in [0.29, 0.717) is 0 Å². The van der Waals surface area contributed by atoms with E-state index in [0.717, 1.165) is 12.3 Å². The summed E-state index contributed by atoms with van der Waals surface area (Å²) in [5.74, 6) is -2.20. The highest BCUT2D eigenvalue weighted by Crippen LogP contribution is 2.14. The molecule has 1 amide bonds. The molecule has 8 heteroatoms. The number of amides is 1. The Labute approximate surface area is 96.0 Å². The van der Waals surface area contributed by atoms with E-state index in [1.807, 2.05) is 0 Å². The average Bonchev–Trinajstić information content (AvgIpc) is 2.13. The van der Waals surface area contributed by atoms with Gasteiger partial charge in [-0.3, -0.25) is 4.79 Å². The first kappa shape index (κ1) is 12.9. The van der Waals surface area contributed by atoms with Gasteiger partial charge in [-0.05, 0) is 22.0 Å². The molecule has 1 rings (SSSR count). The van der Waals surface area contributed by atoms with Crippen molar-refractivity contribution < 1.29 is 22.4 Å². The van der Waals surface area contributed by atoms with Crippen LogP contribution in [0, 0.1) is 5.82 Å². The van der Waals surface area contributed by atoms with Crippen LogP contribution in [0.4, 0.5) is 17.6 Å². The van der Waals surface area contributed by atoms with Crippen molar-refractivity contribution in [1.29, 1.82) is 0 Å². The zero-order chi connectivity index (χ0) is 12.3. The third-order valence-corrected chi connectivity index (χ3v) is 1.91. The van der Waals surface area contributed by atoms with Crippen molar-refractivity contribution in [3.63, 3.8) is 0 Å². The highest BCUT2D eigenvalue weighted by molar-refractivity contribution is 9.10. The third-order valence-electron chi connectivity index (χ3n) is 1.47. The van der Waals surface area contributed by atoms with E-state index in [4.69, 9.17) is 0 Å². The van der Waals surface area contributed by atoms with Gasteiger partial charge < -0.3 is 5.32 Å². The van der Waals surface area contributed by atoms with Crippen LogP contribution in [-0.2, 0) is 0 Å². The molecule has 0 atom stereocenters. The molecule has 0 aliphatic carbocycles. The maximum atomic E-state index is 13.1. The summed E-state index contributed by atoms with van der Waals surface area (Å²) >= 11 is 2.90. The van der Waals surface area contributed by atoms with Gasteiger partial charge in [0.2, 0.25) is 0 Å². The second-order valence-corrected chi connectivity index (χ2v) is 3.70. The molecule has 1 N–H and O–H groups in total. The normalized spacial score (nSPS) is 11.3. The van der Waals surface area contributed by atoms with Gasteiger partial charge in [-0.15, -0.1) is 0 Å². The first-order chi connectivity index (χ1) is 7.29. The zero-order valence-corrected chi connectivity index (χ0v) is 9.19. The van der Waals surface area contributed by atoms with Crippen LogP contribution in [0.5, 0.6) is 0 Å². The van der Waals surface area contributed by atoms with E-state index < -0.39 is 30.1 Å². The molecule has 0 fully saturated rings. The number of alkyl halides is 3. The number of nitrogens with zero attached hydrogens (tertiary/aromatic N) is 1. The lowest BCUT2D eigenvalue weighted by Crippen LogP contribution is -2.34. The van der Waals surface area contributed by atoms with Crippen molar-refractivity contribution in [2.45, 2.75) is 6.18 Å². The predicted molar refractivity (Wildman–Crippen MR) is 50.3 cm³/mol. The van der Waals surface area contributed by atoms with Gasteiger partial charge in [0.1, 0.15) is 6.54 Å². The lowest BCUT2D eigenvalue weighted by atomic mass is 10.3. The number of rotatable bonds is 2. The molecule has 0 radical (unpaired) electrons. The van der Waals surface area contributed by atoms with Crippen LogP contribution >= 0.6 is 15.9 Å². The molecule has 0 spiro atoms. The molecule has 88 valence electrons. The number of hydrogen-bond acceptors (Lipinski definition) is 2. The van der Waals surface area contributed by atoms with Crippen LogP contribution in [0.15, 0.2) is 16.7 Å². The fourth-order valence-electron chi connectivity index (χ4n) is 0.846. The molecule has 3 nitrogen and oxygen atoms in total. The van der Waals surface area contributed by atoms with E-state index in [2.05, 4.69) is 20.9 Å². The number of pyridine rings is 1. The first-order valence-electron chi connectivity index (χ1n) is 3.95. The molecule has 0 bridgehead atoms. The Bertz CT molecular complexity index is 408. The van der Waals surface area contributed by atoms with E-state index in [1.165, 1.54) is 5.32 Å². The summed E-state index contributed by atoms with van der Waals surface area (Å²) in [4.78, 5) is 14.5. The highest BCUT2D eigenvalue weighted by atomic mass is 79.9. The molecular formula is C8H5BrF4N2O. The van der Waals surface area contributed by atoms with Crippen LogP contribution in [0.1, 0.15) is 10.5 Å². The van der Waals surface area contributed by atoms with E-state index >= 15 is 0 Å². The first-order valence-corrected chi connectivity index (χ1v) is 4.75. The van der Waals surface area contributed by atoms with Crippen molar-refractivity contribution >= 4 is 21.8 Å². The summed E-state index contributed by atoms with van der Waals surface area (Å²) in [6.07, 6.45) is -3.42. The Morgan fingerprint density at radius 3 is 2.62 bits per heavy atom. The Morgan fingerprint density at radius 1 is 1.50 bits per heavy atom. The summed E-state index contributed by atoms with van der Waals surface area (Å²) in [6, 6.07) is 0.940. The summed E-state index contributed by atoms with van der Waals surface area (Å²) in [6.45, 7) is -1.52. The lowest BCUT2D eigenvalue weighted by molar-refractivity contribution is -0.123. The Morgan fingerprint density at radius 2 is 2.12 bits per heavy atom. The van der Waals surface area contributed by atoms with Crippen molar-refractivity contribution in [3.05, 3.63) is 28.2 Å². The van der Waals surface area contributed by atoms with Gasteiger partial charge >= 0.3 is 6.18 Å². The molecule has 1 aromatic heterocycles. The fourth-order valence-corrected chi connectivity index (χ4v) is 1.15. The zero-order valence-electron chi connectivity index (χ0n) is 7.61. The molecule has 0 aliphatic rings. The number of carbonyl (C=O) groups excluding carboxylic acids is 1. The van der Waals surface area contributed by atoms with Gasteiger partial charge in [0.15, 0.2) is 11.5 Å². The van der Waals surface area contributed by atoms with Crippen LogP contribution in [-0.4, -0.2) is 23.6 Å². The molecule has 0 aromatic carbocycles. The second kappa shape index (κ2) is 4.77. The molecule has 16 heavy (non-hydrogen) atoms. The van der Waals surface area contributed by atoms with Gasteiger partial charge in [0.05, 0.1) is 0 Å². The van der Waals surface area contributed by atoms with Crippen molar-refractivity contribution in [2.75, 3.05) is 6.54 Å². The molecule has 1 heterocycles. The summed E-state index contributed by atoms with van der Waals surface area (Å²) in [7, 11) is 0. The van der Waals surface area contributed by atoms with Gasteiger partial charge in [0, 0.05) is 10.7 Å². The SMILES string of the molecule is O=C(NCC(F)(F)F)c1ncc(Br)cc1F. The largest absolute Gasteiger partial charge is 0.405 e. The summed E-state index contributed by atoms with van der Waals surface area (Å²) in [5, 5.41) is 1.52. The average molecular weight is 301 g/mol. The standard InChI is InChI=1S/C8H5BrF4N2O/c9-4-1-5(10)6(14-2-4)7(16)15-3-8(11,12)13/h1-2H,3H2,(H,15,16). The van der Waals surface area contributed by atoms with E-state index in [-0.39, 0.29) is 4.47 Å². The molecule has 1 aromatic rings. The van der Waals surface area contributed by atoms with Crippen molar-refractivity contribution in [2.24, 2.45) is 0 Å². The number of carbonyl (C=O) groups is 1. The maximum absolute atomic E-state index is 13.1. The Kier molecular flexibility index (Phi) is 3.84. The number of aromatic nitrogens is 1. The molecule has 0 unspecified atom stereocenters. The van der Waals surface area contributed by atoms with Crippen LogP contribution in [0.3, 0.4) is 0 Å². The smallest absolute Gasteiger partial charge is 0.341 e. The van der Waals surface area contributed by atoms with Gasteiger partial charge in [-0.2, -0.15) is 13.2 Å². The van der Waals surface area contributed by atoms with Crippen molar-refractivity contribution in [1.82, 2.24) is 10.3 Å². The predicted octanol–water partition coefficient (Wildman–Crippen LogP) is 2.28. The summed E-state index contributed by atoms with van der Waals surface area (Å²) < 4.78 is 48.7. The van der Waals surface area contributed by atoms with Crippen molar-refractivity contribution in [3.8, 4) is 0 Å². The minimum atomic E-state index is -4.54. The molecule has 0 saturated heterocycles. The minimum absolute atomic E-state index is 0.289. The monoisotopic (exact) mass is 300 g/mol. The number of hydrogen-bond donors (Lipinski definition) is 1. The van der Waals surface area contributed by atoms with Crippen LogP contribution in [0.2, 0.25) is 0 Å². The van der Waals surface area contributed by atoms with Gasteiger partial charge in [-0.25, -0.2) is 9.37 Å². The number of halogens is 5. The maximum Gasteiger partial charge on any atom is 0.405 e. The quantitative estimate of drug-likeness (QED) is 0.852. The summed E-state index contributed by atoms with van der Waals surface area (Å²) in [5.41, 5.74) is -0.674.